The zero-order chi connectivity index (χ0) is 10.9. The fraction of sp³-hybridized carbons (Fsp3) is 0.444. The van der Waals surface area contributed by atoms with Crippen molar-refractivity contribution in [1.82, 2.24) is 10.3 Å². The van der Waals surface area contributed by atoms with Gasteiger partial charge >= 0.3 is 6.18 Å². The molecule has 1 aliphatic heterocycles. The summed E-state index contributed by atoms with van der Waals surface area (Å²) in [6.07, 6.45) is -2.37. The Bertz CT molecular complexity index is 349. The summed E-state index contributed by atoms with van der Waals surface area (Å²) in [6, 6.07) is 0.918. The van der Waals surface area contributed by atoms with Crippen LogP contribution in [0.15, 0.2) is 18.5 Å². The molecule has 2 rings (SSSR count). The van der Waals surface area contributed by atoms with E-state index in [1.54, 1.807) is 0 Å². The number of aromatic nitrogens is 1. The lowest BCUT2D eigenvalue weighted by molar-refractivity contribution is -0.139. The number of rotatable bonds is 2. The van der Waals surface area contributed by atoms with Gasteiger partial charge in [0, 0.05) is 19.3 Å². The minimum atomic E-state index is -4.39. The molecule has 1 saturated heterocycles. The van der Waals surface area contributed by atoms with Crippen LogP contribution in [0.3, 0.4) is 0 Å². The van der Waals surface area contributed by atoms with Crippen LogP contribution in [0, 0.1) is 0 Å². The maximum Gasteiger partial charge on any atom is 0.420 e. The maximum absolute atomic E-state index is 12.5. The monoisotopic (exact) mass is 218 g/mol. The third-order valence-electron chi connectivity index (χ3n) is 2.13. The second-order valence-corrected chi connectivity index (χ2v) is 3.27. The summed E-state index contributed by atoms with van der Waals surface area (Å²) in [6.45, 7) is 1.15. The van der Waals surface area contributed by atoms with Crippen molar-refractivity contribution in [3.8, 4) is 5.75 Å². The first-order valence-electron chi connectivity index (χ1n) is 4.46. The first-order valence-corrected chi connectivity index (χ1v) is 4.46. The quantitative estimate of drug-likeness (QED) is 0.815. The highest BCUT2D eigenvalue weighted by Gasteiger charge is 2.35. The predicted octanol–water partition coefficient (Wildman–Crippen LogP) is 1.45. The van der Waals surface area contributed by atoms with Crippen LogP contribution >= 0.6 is 0 Å². The number of pyridine rings is 1. The van der Waals surface area contributed by atoms with E-state index in [-0.39, 0.29) is 11.9 Å². The van der Waals surface area contributed by atoms with Gasteiger partial charge in [-0.15, -0.1) is 0 Å². The Labute approximate surface area is 84.3 Å². The zero-order valence-electron chi connectivity index (χ0n) is 7.71. The molecule has 3 nitrogen and oxygen atoms in total. The van der Waals surface area contributed by atoms with Crippen LogP contribution in [0.25, 0.3) is 0 Å². The van der Waals surface area contributed by atoms with Crippen LogP contribution in [0.1, 0.15) is 5.56 Å². The number of alkyl halides is 3. The van der Waals surface area contributed by atoms with Crippen LogP contribution in [-0.4, -0.2) is 24.2 Å². The second-order valence-electron chi connectivity index (χ2n) is 3.27. The van der Waals surface area contributed by atoms with Crippen molar-refractivity contribution in [2.24, 2.45) is 0 Å². The van der Waals surface area contributed by atoms with Crippen molar-refractivity contribution in [1.29, 1.82) is 0 Å². The van der Waals surface area contributed by atoms with Crippen LogP contribution in [0.5, 0.6) is 5.75 Å². The molecule has 0 unspecified atom stereocenters. The summed E-state index contributed by atoms with van der Waals surface area (Å²) in [5.41, 5.74) is -0.774. The Morgan fingerprint density at radius 1 is 1.40 bits per heavy atom. The van der Waals surface area contributed by atoms with E-state index in [1.807, 2.05) is 0 Å². The smallest absolute Gasteiger partial charge is 0.420 e. The van der Waals surface area contributed by atoms with Gasteiger partial charge in [0.2, 0.25) is 0 Å². The highest BCUT2D eigenvalue weighted by molar-refractivity contribution is 5.32. The third-order valence-corrected chi connectivity index (χ3v) is 2.13. The average molecular weight is 218 g/mol. The fourth-order valence-electron chi connectivity index (χ4n) is 1.23. The highest BCUT2D eigenvalue weighted by Crippen LogP contribution is 2.35. The van der Waals surface area contributed by atoms with Crippen LogP contribution in [-0.2, 0) is 6.18 Å². The molecule has 1 N–H and O–H groups in total. The number of halogens is 3. The van der Waals surface area contributed by atoms with Crippen molar-refractivity contribution in [2.45, 2.75) is 12.3 Å². The van der Waals surface area contributed by atoms with Gasteiger partial charge in [-0.3, -0.25) is 4.98 Å². The number of hydrogen-bond donors (Lipinski definition) is 1. The predicted molar refractivity (Wildman–Crippen MR) is 46.5 cm³/mol. The number of hydrogen-bond acceptors (Lipinski definition) is 3. The van der Waals surface area contributed by atoms with Gasteiger partial charge < -0.3 is 10.1 Å². The summed E-state index contributed by atoms with van der Waals surface area (Å²) in [4.78, 5) is 3.62. The topological polar surface area (TPSA) is 34.1 Å². The molecule has 15 heavy (non-hydrogen) atoms. The molecule has 0 aromatic carbocycles. The second kappa shape index (κ2) is 3.69. The largest absolute Gasteiger partial charge is 0.486 e. The molecular formula is C9H9F3N2O. The summed E-state index contributed by atoms with van der Waals surface area (Å²) < 4.78 is 42.7. The van der Waals surface area contributed by atoms with Gasteiger partial charge in [0.25, 0.3) is 0 Å². The molecule has 6 heteroatoms. The summed E-state index contributed by atoms with van der Waals surface area (Å²) in [5, 5.41) is 2.91. The van der Waals surface area contributed by atoms with Gasteiger partial charge in [0.05, 0.1) is 6.20 Å². The molecule has 0 spiro atoms. The Kier molecular flexibility index (Phi) is 2.52. The number of ether oxygens (including phenoxy) is 1. The van der Waals surface area contributed by atoms with E-state index in [2.05, 4.69) is 10.3 Å². The first kappa shape index (κ1) is 10.2. The van der Waals surface area contributed by atoms with E-state index in [9.17, 15) is 13.2 Å². The molecule has 1 fully saturated rings. The van der Waals surface area contributed by atoms with E-state index in [4.69, 9.17) is 4.74 Å². The molecule has 2 heterocycles. The molecule has 0 atom stereocenters. The normalized spacial score (nSPS) is 17.3. The SMILES string of the molecule is FC(F)(F)c1ccncc1OC1CNC1. The molecule has 1 aromatic rings. The van der Waals surface area contributed by atoms with Gasteiger partial charge in [-0.05, 0) is 6.07 Å². The van der Waals surface area contributed by atoms with E-state index in [0.29, 0.717) is 13.1 Å². The van der Waals surface area contributed by atoms with Crippen molar-refractivity contribution < 1.29 is 17.9 Å². The lowest BCUT2D eigenvalue weighted by atomic mass is 10.2. The van der Waals surface area contributed by atoms with Crippen LogP contribution in [0.4, 0.5) is 13.2 Å². The number of nitrogens with one attached hydrogen (secondary N) is 1. The standard InChI is InChI=1S/C9H9F3N2O/c10-9(11,12)7-1-2-13-5-8(7)15-6-3-14-4-6/h1-2,5-6,14H,3-4H2. The van der Waals surface area contributed by atoms with Gasteiger partial charge in [-0.1, -0.05) is 0 Å². The van der Waals surface area contributed by atoms with E-state index >= 15 is 0 Å². The lowest BCUT2D eigenvalue weighted by Gasteiger charge is -2.28. The van der Waals surface area contributed by atoms with E-state index in [1.165, 1.54) is 0 Å². The molecule has 1 aliphatic rings. The Hall–Kier alpha value is -1.30. The Balaban J connectivity index is 2.21. The minimum absolute atomic E-state index is 0.185. The van der Waals surface area contributed by atoms with Gasteiger partial charge in [0.15, 0.2) is 0 Å². The van der Waals surface area contributed by atoms with Gasteiger partial charge in [-0.2, -0.15) is 13.2 Å². The molecule has 0 amide bonds. The Morgan fingerprint density at radius 2 is 2.13 bits per heavy atom. The summed E-state index contributed by atoms with van der Waals surface area (Å²) in [7, 11) is 0. The third kappa shape index (κ3) is 2.20. The highest BCUT2D eigenvalue weighted by atomic mass is 19.4. The van der Waals surface area contributed by atoms with E-state index in [0.717, 1.165) is 18.5 Å². The molecule has 0 saturated carbocycles. The van der Waals surface area contributed by atoms with Crippen molar-refractivity contribution in [2.75, 3.05) is 13.1 Å². The maximum atomic E-state index is 12.5. The first-order chi connectivity index (χ1) is 7.07. The Morgan fingerprint density at radius 3 is 2.67 bits per heavy atom. The molecule has 0 bridgehead atoms. The summed E-state index contributed by atoms with van der Waals surface area (Å²) >= 11 is 0. The molecular weight excluding hydrogens is 209 g/mol. The van der Waals surface area contributed by atoms with Crippen LogP contribution in [0.2, 0.25) is 0 Å². The summed E-state index contributed by atoms with van der Waals surface area (Å²) in [5.74, 6) is -0.198. The molecule has 82 valence electrons. The van der Waals surface area contributed by atoms with Crippen molar-refractivity contribution in [3.63, 3.8) is 0 Å². The van der Waals surface area contributed by atoms with E-state index < -0.39 is 11.7 Å². The number of nitrogens with zero attached hydrogens (tertiary/aromatic N) is 1. The minimum Gasteiger partial charge on any atom is -0.486 e. The van der Waals surface area contributed by atoms with Gasteiger partial charge in [0.1, 0.15) is 17.4 Å². The van der Waals surface area contributed by atoms with Crippen LogP contribution < -0.4 is 10.1 Å². The molecule has 1 aromatic heterocycles. The average Bonchev–Trinajstić information content (AvgIpc) is 2.10. The lowest BCUT2D eigenvalue weighted by Crippen LogP contribution is -2.50. The fourth-order valence-corrected chi connectivity index (χ4v) is 1.23. The van der Waals surface area contributed by atoms with Gasteiger partial charge in [-0.25, -0.2) is 0 Å². The molecule has 0 aliphatic carbocycles. The van der Waals surface area contributed by atoms with Crippen molar-refractivity contribution in [3.05, 3.63) is 24.0 Å². The van der Waals surface area contributed by atoms with Crippen molar-refractivity contribution >= 4 is 0 Å². The molecule has 0 radical (unpaired) electrons. The zero-order valence-corrected chi connectivity index (χ0v) is 7.71.